The Bertz CT molecular complexity index is 472. The van der Waals surface area contributed by atoms with Crippen LogP contribution in [0.15, 0.2) is 15.5 Å². The van der Waals surface area contributed by atoms with Gasteiger partial charge in [0.25, 0.3) is 5.56 Å². The number of nitrogens with zero attached hydrogens (tertiary/aromatic N) is 2. The summed E-state index contributed by atoms with van der Waals surface area (Å²) >= 11 is 3.26. The first-order valence-electron chi connectivity index (χ1n) is 6.33. The number of hydrogen-bond acceptors (Lipinski definition) is 5. The van der Waals surface area contributed by atoms with E-state index < -0.39 is 0 Å². The van der Waals surface area contributed by atoms with Gasteiger partial charge in [0.2, 0.25) is 0 Å². The van der Waals surface area contributed by atoms with Crippen molar-refractivity contribution >= 4 is 21.6 Å². The van der Waals surface area contributed by atoms with Gasteiger partial charge in [0.05, 0.1) is 31.2 Å². The van der Waals surface area contributed by atoms with E-state index in [1.165, 1.54) is 4.68 Å². The lowest BCUT2D eigenvalue weighted by Gasteiger charge is -2.11. The predicted octanol–water partition coefficient (Wildman–Crippen LogP) is 1.15. The van der Waals surface area contributed by atoms with Gasteiger partial charge >= 0.3 is 0 Å². The molecule has 1 aliphatic heterocycles. The third-order valence-corrected chi connectivity index (χ3v) is 3.73. The molecule has 1 saturated heterocycles. The van der Waals surface area contributed by atoms with E-state index in [2.05, 4.69) is 26.3 Å². The second kappa shape index (κ2) is 7.02. The summed E-state index contributed by atoms with van der Waals surface area (Å²) in [6.45, 7) is 2.68. The maximum atomic E-state index is 11.6. The van der Waals surface area contributed by atoms with Crippen molar-refractivity contribution in [2.45, 2.75) is 18.9 Å². The number of aryl methyl sites for hydroxylation is 1. The van der Waals surface area contributed by atoms with Crippen molar-refractivity contribution in [2.75, 3.05) is 31.7 Å². The van der Waals surface area contributed by atoms with E-state index in [4.69, 9.17) is 9.47 Å². The van der Waals surface area contributed by atoms with Crippen LogP contribution in [0.1, 0.15) is 12.8 Å². The molecular weight excluding hydrogens is 314 g/mol. The van der Waals surface area contributed by atoms with Crippen LogP contribution < -0.4 is 10.9 Å². The minimum atomic E-state index is -0.162. The summed E-state index contributed by atoms with van der Waals surface area (Å²) in [4.78, 5) is 11.6. The van der Waals surface area contributed by atoms with Crippen LogP contribution in [0, 0.1) is 0 Å². The molecule has 0 spiro atoms. The molecule has 106 valence electrons. The summed E-state index contributed by atoms with van der Waals surface area (Å²) in [5.74, 6) is 0. The summed E-state index contributed by atoms with van der Waals surface area (Å²) in [6, 6.07) is 0. The lowest BCUT2D eigenvalue weighted by Crippen LogP contribution is -2.22. The fourth-order valence-electron chi connectivity index (χ4n) is 1.88. The van der Waals surface area contributed by atoms with Crippen LogP contribution in [0.5, 0.6) is 0 Å². The zero-order valence-corrected chi connectivity index (χ0v) is 12.5. The van der Waals surface area contributed by atoms with Gasteiger partial charge in [0, 0.05) is 20.2 Å². The van der Waals surface area contributed by atoms with E-state index in [0.717, 1.165) is 19.4 Å². The first-order valence-corrected chi connectivity index (χ1v) is 7.13. The summed E-state index contributed by atoms with van der Waals surface area (Å²) in [5, 5.41) is 7.07. The maximum absolute atomic E-state index is 11.6. The van der Waals surface area contributed by atoms with Crippen LogP contribution in [-0.2, 0) is 16.5 Å². The highest BCUT2D eigenvalue weighted by molar-refractivity contribution is 9.10. The van der Waals surface area contributed by atoms with Crippen LogP contribution in [0.25, 0.3) is 0 Å². The predicted molar refractivity (Wildman–Crippen MR) is 75.5 cm³/mol. The van der Waals surface area contributed by atoms with Crippen molar-refractivity contribution < 1.29 is 9.47 Å². The minimum Gasteiger partial charge on any atom is -0.380 e. The Labute approximate surface area is 120 Å². The van der Waals surface area contributed by atoms with Crippen molar-refractivity contribution in [1.29, 1.82) is 0 Å². The second-order valence-corrected chi connectivity index (χ2v) is 5.23. The van der Waals surface area contributed by atoms with Crippen LogP contribution in [0.3, 0.4) is 0 Å². The Hall–Kier alpha value is -0.920. The Balaban J connectivity index is 1.70. The lowest BCUT2D eigenvalue weighted by molar-refractivity contribution is 0.0206. The van der Waals surface area contributed by atoms with Crippen molar-refractivity contribution in [1.82, 2.24) is 9.78 Å². The Morgan fingerprint density at radius 1 is 1.68 bits per heavy atom. The largest absolute Gasteiger partial charge is 0.380 e. The number of rotatable bonds is 6. The molecule has 1 aliphatic rings. The molecule has 7 heteroatoms. The molecule has 19 heavy (non-hydrogen) atoms. The second-order valence-electron chi connectivity index (χ2n) is 4.44. The van der Waals surface area contributed by atoms with Gasteiger partial charge in [0.1, 0.15) is 4.47 Å². The van der Waals surface area contributed by atoms with Gasteiger partial charge in [-0.2, -0.15) is 5.10 Å². The van der Waals surface area contributed by atoms with Crippen LogP contribution in [0.4, 0.5) is 5.69 Å². The molecule has 0 bridgehead atoms. The summed E-state index contributed by atoms with van der Waals surface area (Å²) in [7, 11) is 1.61. The molecule has 1 aromatic rings. The molecule has 1 N–H and O–H groups in total. The molecule has 1 unspecified atom stereocenters. The number of halogens is 1. The van der Waals surface area contributed by atoms with Gasteiger partial charge in [-0.3, -0.25) is 4.79 Å². The van der Waals surface area contributed by atoms with Crippen molar-refractivity contribution in [3.63, 3.8) is 0 Å². The molecule has 1 fully saturated rings. The van der Waals surface area contributed by atoms with Gasteiger partial charge in [-0.25, -0.2) is 4.68 Å². The van der Waals surface area contributed by atoms with E-state index >= 15 is 0 Å². The third kappa shape index (κ3) is 4.02. The van der Waals surface area contributed by atoms with Crippen molar-refractivity contribution in [2.24, 2.45) is 7.05 Å². The summed E-state index contributed by atoms with van der Waals surface area (Å²) in [6.07, 6.45) is 4.07. The first kappa shape index (κ1) is 14.5. The average molecular weight is 332 g/mol. The highest BCUT2D eigenvalue weighted by Gasteiger charge is 2.15. The standard InChI is InChI=1S/C12H18BrN3O3/c1-16-12(17)11(13)10(7-15-16)14-4-6-18-8-9-3-2-5-19-9/h7,9,14H,2-6,8H2,1H3. The van der Waals surface area contributed by atoms with E-state index in [9.17, 15) is 4.79 Å². The molecule has 1 atom stereocenters. The molecule has 0 aromatic carbocycles. The molecular formula is C12H18BrN3O3. The quantitative estimate of drug-likeness (QED) is 0.792. The van der Waals surface area contributed by atoms with Gasteiger partial charge in [-0.05, 0) is 28.8 Å². The molecule has 0 saturated carbocycles. The highest BCUT2D eigenvalue weighted by Crippen LogP contribution is 2.15. The van der Waals surface area contributed by atoms with Crippen LogP contribution in [0.2, 0.25) is 0 Å². The number of anilines is 1. The molecule has 0 aliphatic carbocycles. The topological polar surface area (TPSA) is 65.4 Å². The summed E-state index contributed by atoms with van der Waals surface area (Å²) < 4.78 is 12.8. The zero-order valence-electron chi connectivity index (χ0n) is 10.9. The van der Waals surface area contributed by atoms with Crippen LogP contribution >= 0.6 is 15.9 Å². The van der Waals surface area contributed by atoms with Crippen molar-refractivity contribution in [3.05, 3.63) is 21.0 Å². The highest BCUT2D eigenvalue weighted by atomic mass is 79.9. The van der Waals surface area contributed by atoms with Gasteiger partial charge in [-0.15, -0.1) is 0 Å². The van der Waals surface area contributed by atoms with E-state index in [1.54, 1.807) is 13.2 Å². The van der Waals surface area contributed by atoms with Gasteiger partial charge in [-0.1, -0.05) is 0 Å². The lowest BCUT2D eigenvalue weighted by atomic mass is 10.2. The average Bonchev–Trinajstić information content (AvgIpc) is 2.91. The zero-order chi connectivity index (χ0) is 13.7. The van der Waals surface area contributed by atoms with Gasteiger partial charge in [0.15, 0.2) is 0 Å². The first-order chi connectivity index (χ1) is 9.18. The van der Waals surface area contributed by atoms with E-state index in [0.29, 0.717) is 29.9 Å². The normalized spacial score (nSPS) is 18.7. The van der Waals surface area contributed by atoms with E-state index in [-0.39, 0.29) is 11.7 Å². The fraction of sp³-hybridized carbons (Fsp3) is 0.667. The number of ether oxygens (including phenoxy) is 2. The summed E-state index contributed by atoms with van der Waals surface area (Å²) in [5.41, 5.74) is 0.522. The molecule has 2 heterocycles. The van der Waals surface area contributed by atoms with E-state index in [1.807, 2.05) is 0 Å². The SMILES string of the molecule is Cn1ncc(NCCOCC2CCCO2)c(Br)c1=O. The van der Waals surface area contributed by atoms with Crippen LogP contribution in [-0.4, -0.2) is 42.2 Å². The Morgan fingerprint density at radius 3 is 3.26 bits per heavy atom. The maximum Gasteiger partial charge on any atom is 0.282 e. The molecule has 0 radical (unpaired) electrons. The van der Waals surface area contributed by atoms with Crippen molar-refractivity contribution in [3.8, 4) is 0 Å². The third-order valence-electron chi connectivity index (χ3n) is 2.97. The smallest absolute Gasteiger partial charge is 0.282 e. The Morgan fingerprint density at radius 2 is 2.53 bits per heavy atom. The number of aromatic nitrogens is 2. The molecule has 0 amide bonds. The molecule has 2 rings (SSSR count). The Kier molecular flexibility index (Phi) is 5.35. The molecule has 1 aromatic heterocycles. The monoisotopic (exact) mass is 331 g/mol. The van der Waals surface area contributed by atoms with Gasteiger partial charge < -0.3 is 14.8 Å². The minimum absolute atomic E-state index is 0.162. The number of hydrogen-bond donors (Lipinski definition) is 1. The molecule has 6 nitrogen and oxygen atoms in total. The number of nitrogens with one attached hydrogen (secondary N) is 1. The fourth-order valence-corrected chi connectivity index (χ4v) is 2.38.